The quantitative estimate of drug-likeness (QED) is 0.878. The highest BCUT2D eigenvalue weighted by atomic mass is 32.1. The van der Waals surface area contributed by atoms with Crippen LogP contribution in [0.25, 0.3) is 0 Å². The van der Waals surface area contributed by atoms with Crippen molar-refractivity contribution in [1.82, 2.24) is 10.3 Å². The first-order valence-corrected chi connectivity index (χ1v) is 6.32. The van der Waals surface area contributed by atoms with Crippen LogP contribution in [0.4, 0.5) is 13.2 Å². The number of rotatable bonds is 4. The zero-order valence-corrected chi connectivity index (χ0v) is 10.4. The standard InChI is InChI=1S/C12H9F3N2OS/c13-9-3-7(4-10(14)11(9)15)12(18)16-2-1-8-5-19-6-17-8/h3-6H,1-2H2,(H,16,18). The number of aromatic nitrogens is 1. The van der Waals surface area contributed by atoms with Gasteiger partial charge in [-0.2, -0.15) is 0 Å². The summed E-state index contributed by atoms with van der Waals surface area (Å²) >= 11 is 1.44. The highest BCUT2D eigenvalue weighted by Gasteiger charge is 2.14. The lowest BCUT2D eigenvalue weighted by atomic mass is 10.2. The van der Waals surface area contributed by atoms with Gasteiger partial charge in [0, 0.05) is 23.9 Å². The van der Waals surface area contributed by atoms with Crippen LogP contribution in [0.3, 0.4) is 0 Å². The van der Waals surface area contributed by atoms with Crippen molar-refractivity contribution in [2.45, 2.75) is 6.42 Å². The molecule has 2 aromatic rings. The van der Waals surface area contributed by atoms with Crippen LogP contribution in [-0.2, 0) is 6.42 Å². The van der Waals surface area contributed by atoms with Crippen LogP contribution in [0.2, 0.25) is 0 Å². The summed E-state index contributed by atoms with van der Waals surface area (Å²) < 4.78 is 38.6. The molecule has 0 saturated carbocycles. The summed E-state index contributed by atoms with van der Waals surface area (Å²) in [4.78, 5) is 15.6. The lowest BCUT2D eigenvalue weighted by Gasteiger charge is -2.05. The molecule has 0 atom stereocenters. The number of nitrogens with zero attached hydrogens (tertiary/aromatic N) is 1. The van der Waals surface area contributed by atoms with Crippen LogP contribution in [0.5, 0.6) is 0 Å². The summed E-state index contributed by atoms with van der Waals surface area (Å²) in [6.07, 6.45) is 0.515. The van der Waals surface area contributed by atoms with E-state index in [0.717, 1.165) is 5.69 Å². The molecule has 0 unspecified atom stereocenters. The van der Waals surface area contributed by atoms with Gasteiger partial charge in [-0.05, 0) is 12.1 Å². The first-order chi connectivity index (χ1) is 9.08. The van der Waals surface area contributed by atoms with Gasteiger partial charge < -0.3 is 5.32 Å². The maximum absolute atomic E-state index is 12.9. The Hall–Kier alpha value is -1.89. The van der Waals surface area contributed by atoms with Crippen LogP contribution in [0.1, 0.15) is 16.1 Å². The number of carbonyl (C=O) groups is 1. The molecule has 1 aromatic heterocycles. The fourth-order valence-electron chi connectivity index (χ4n) is 1.45. The average Bonchev–Trinajstić information content (AvgIpc) is 2.88. The predicted octanol–water partition coefficient (Wildman–Crippen LogP) is 2.53. The van der Waals surface area contributed by atoms with E-state index in [2.05, 4.69) is 10.3 Å². The molecule has 0 aliphatic heterocycles. The van der Waals surface area contributed by atoms with E-state index in [-0.39, 0.29) is 12.1 Å². The molecule has 0 aliphatic rings. The molecule has 0 aliphatic carbocycles. The number of carbonyl (C=O) groups excluding carboxylic acids is 1. The molecule has 3 nitrogen and oxygen atoms in total. The van der Waals surface area contributed by atoms with E-state index in [0.29, 0.717) is 18.6 Å². The Labute approximate surface area is 111 Å². The molecule has 0 saturated heterocycles. The normalized spacial score (nSPS) is 10.5. The largest absolute Gasteiger partial charge is 0.352 e. The van der Waals surface area contributed by atoms with Crippen molar-refractivity contribution >= 4 is 17.2 Å². The summed E-state index contributed by atoms with van der Waals surface area (Å²) in [7, 11) is 0. The van der Waals surface area contributed by atoms with E-state index in [4.69, 9.17) is 0 Å². The summed E-state index contributed by atoms with van der Waals surface area (Å²) in [6, 6.07) is 1.33. The van der Waals surface area contributed by atoms with Crippen molar-refractivity contribution in [2.24, 2.45) is 0 Å². The minimum Gasteiger partial charge on any atom is -0.352 e. The van der Waals surface area contributed by atoms with Crippen LogP contribution in [0, 0.1) is 17.5 Å². The maximum atomic E-state index is 12.9. The molecule has 0 radical (unpaired) electrons. The fraction of sp³-hybridized carbons (Fsp3) is 0.167. The Morgan fingerprint density at radius 2 is 1.95 bits per heavy atom. The van der Waals surface area contributed by atoms with Crippen LogP contribution in [0.15, 0.2) is 23.0 Å². The van der Waals surface area contributed by atoms with Crippen molar-refractivity contribution in [3.05, 3.63) is 51.7 Å². The van der Waals surface area contributed by atoms with E-state index in [1.807, 2.05) is 5.38 Å². The van der Waals surface area contributed by atoms with E-state index in [1.165, 1.54) is 11.3 Å². The second kappa shape index (κ2) is 5.83. The van der Waals surface area contributed by atoms with Crippen molar-refractivity contribution in [3.63, 3.8) is 0 Å². The molecule has 2 rings (SSSR count). The molecule has 1 N–H and O–H groups in total. The van der Waals surface area contributed by atoms with Gasteiger partial charge >= 0.3 is 0 Å². The number of thiazole rings is 1. The first-order valence-electron chi connectivity index (χ1n) is 5.37. The molecule has 7 heteroatoms. The third-order valence-electron chi connectivity index (χ3n) is 2.40. The molecular formula is C12H9F3N2OS. The zero-order chi connectivity index (χ0) is 13.8. The third kappa shape index (κ3) is 3.31. The SMILES string of the molecule is O=C(NCCc1cscn1)c1cc(F)c(F)c(F)c1. The van der Waals surface area contributed by atoms with Gasteiger partial charge in [0.2, 0.25) is 0 Å². The minimum atomic E-state index is -1.58. The molecule has 1 amide bonds. The second-order valence-electron chi connectivity index (χ2n) is 3.74. The maximum Gasteiger partial charge on any atom is 0.251 e. The molecule has 0 bridgehead atoms. The number of hydrogen-bond acceptors (Lipinski definition) is 3. The van der Waals surface area contributed by atoms with Crippen LogP contribution < -0.4 is 5.32 Å². The van der Waals surface area contributed by atoms with E-state index in [1.54, 1.807) is 5.51 Å². The Kier molecular flexibility index (Phi) is 4.16. The second-order valence-corrected chi connectivity index (χ2v) is 4.46. The molecule has 100 valence electrons. The third-order valence-corrected chi connectivity index (χ3v) is 3.03. The number of amides is 1. The molecule has 19 heavy (non-hydrogen) atoms. The van der Waals surface area contributed by atoms with Crippen molar-refractivity contribution < 1.29 is 18.0 Å². The average molecular weight is 286 g/mol. The number of hydrogen-bond donors (Lipinski definition) is 1. The van der Waals surface area contributed by atoms with Gasteiger partial charge in [-0.3, -0.25) is 4.79 Å². The minimum absolute atomic E-state index is 0.255. The zero-order valence-electron chi connectivity index (χ0n) is 9.62. The smallest absolute Gasteiger partial charge is 0.251 e. The van der Waals surface area contributed by atoms with Gasteiger partial charge in [-0.1, -0.05) is 0 Å². The van der Waals surface area contributed by atoms with Gasteiger partial charge in [0.15, 0.2) is 17.5 Å². The highest BCUT2D eigenvalue weighted by Crippen LogP contribution is 2.13. The highest BCUT2D eigenvalue weighted by molar-refractivity contribution is 7.07. The summed E-state index contributed by atoms with van der Waals surface area (Å²) in [5.41, 5.74) is 2.23. The van der Waals surface area contributed by atoms with Gasteiger partial charge in [0.05, 0.1) is 11.2 Å². The van der Waals surface area contributed by atoms with Gasteiger partial charge in [0.1, 0.15) is 0 Å². The van der Waals surface area contributed by atoms with Gasteiger partial charge in [-0.25, -0.2) is 18.2 Å². The molecule has 0 fully saturated rings. The molecular weight excluding hydrogens is 277 g/mol. The number of halogens is 3. The Balaban J connectivity index is 1.96. The first kappa shape index (κ1) is 13.5. The lowest BCUT2D eigenvalue weighted by molar-refractivity contribution is 0.0953. The lowest BCUT2D eigenvalue weighted by Crippen LogP contribution is -2.26. The van der Waals surface area contributed by atoms with Crippen LogP contribution >= 0.6 is 11.3 Å². The van der Waals surface area contributed by atoms with E-state index < -0.39 is 23.4 Å². The van der Waals surface area contributed by atoms with E-state index >= 15 is 0 Å². The number of nitrogens with one attached hydrogen (secondary N) is 1. The van der Waals surface area contributed by atoms with E-state index in [9.17, 15) is 18.0 Å². The molecule has 0 spiro atoms. The monoisotopic (exact) mass is 286 g/mol. The summed E-state index contributed by atoms with van der Waals surface area (Å²) in [6.45, 7) is 0.281. The Morgan fingerprint density at radius 1 is 1.26 bits per heavy atom. The Morgan fingerprint density at radius 3 is 2.53 bits per heavy atom. The summed E-state index contributed by atoms with van der Waals surface area (Å²) in [5, 5.41) is 4.32. The van der Waals surface area contributed by atoms with Crippen molar-refractivity contribution in [2.75, 3.05) is 6.54 Å². The molecule has 1 aromatic carbocycles. The molecule has 1 heterocycles. The Bertz CT molecular complexity index is 564. The van der Waals surface area contributed by atoms with Gasteiger partial charge in [-0.15, -0.1) is 11.3 Å². The van der Waals surface area contributed by atoms with Crippen LogP contribution in [-0.4, -0.2) is 17.4 Å². The fourth-order valence-corrected chi connectivity index (χ4v) is 2.05. The predicted molar refractivity (Wildman–Crippen MR) is 64.5 cm³/mol. The summed E-state index contributed by atoms with van der Waals surface area (Å²) in [5.74, 6) is -5.01. The van der Waals surface area contributed by atoms with Crippen molar-refractivity contribution in [3.8, 4) is 0 Å². The van der Waals surface area contributed by atoms with Crippen molar-refractivity contribution in [1.29, 1.82) is 0 Å². The topological polar surface area (TPSA) is 42.0 Å². The van der Waals surface area contributed by atoms with Gasteiger partial charge in [0.25, 0.3) is 5.91 Å². The number of benzene rings is 1.